The Morgan fingerprint density at radius 1 is 1.32 bits per heavy atom. The van der Waals surface area contributed by atoms with Gasteiger partial charge in [0.05, 0.1) is 11.6 Å². The average Bonchev–Trinajstić information content (AvgIpc) is 2.83. The van der Waals surface area contributed by atoms with Gasteiger partial charge in [-0.25, -0.2) is 9.18 Å². The Kier molecular flexibility index (Phi) is 8.07. The minimum atomic E-state index is -5.08. The number of carbonyl (C=O) groups is 2. The normalized spacial score (nSPS) is 17.0. The molecule has 190 valence electrons. The molecule has 0 bridgehead atoms. The number of fused-ring (bicyclic) bond motifs is 1. The Bertz CT molecular complexity index is 1380. The number of carboxylic acids is 1. The van der Waals surface area contributed by atoms with Gasteiger partial charge in [0.2, 0.25) is 0 Å². The molecule has 0 fully saturated rings. The zero-order valence-corrected chi connectivity index (χ0v) is 19.6. The largest absolute Gasteiger partial charge is 0.490 e. The molecular weight excluding hydrogens is 490 g/mol. The second-order valence-corrected chi connectivity index (χ2v) is 8.20. The van der Waals surface area contributed by atoms with Crippen LogP contribution in [0.15, 0.2) is 84.4 Å². The van der Waals surface area contributed by atoms with E-state index in [1.807, 2.05) is 31.3 Å². The summed E-state index contributed by atoms with van der Waals surface area (Å²) >= 11 is 0. The first-order chi connectivity index (χ1) is 17.5. The first-order valence-electron chi connectivity index (χ1n) is 10.9. The first-order valence-corrected chi connectivity index (χ1v) is 10.9. The van der Waals surface area contributed by atoms with Gasteiger partial charge in [0, 0.05) is 30.9 Å². The number of nitriles is 1. The number of alkyl halides is 3. The summed E-state index contributed by atoms with van der Waals surface area (Å²) in [5.41, 5.74) is 4.92. The third-order valence-corrected chi connectivity index (χ3v) is 5.54. The molecule has 2 aliphatic rings. The highest BCUT2D eigenvalue weighted by molar-refractivity contribution is 5.99. The molecule has 4 rings (SSSR count). The average molecular weight is 511 g/mol. The quantitative estimate of drug-likeness (QED) is 0.433. The van der Waals surface area contributed by atoms with Crippen molar-refractivity contribution in [2.75, 3.05) is 6.54 Å². The number of hydrogen-bond donors (Lipinski definition) is 1. The smallest absolute Gasteiger partial charge is 0.475 e. The van der Waals surface area contributed by atoms with Crippen LogP contribution in [0.25, 0.3) is 5.57 Å². The van der Waals surface area contributed by atoms with Gasteiger partial charge in [-0.1, -0.05) is 24.3 Å². The molecule has 0 radical (unpaired) electrons. The third-order valence-electron chi connectivity index (χ3n) is 5.54. The van der Waals surface area contributed by atoms with Crippen LogP contribution < -0.4 is 0 Å². The van der Waals surface area contributed by atoms with E-state index < -0.39 is 18.1 Å². The van der Waals surface area contributed by atoms with Crippen LogP contribution >= 0.6 is 0 Å². The van der Waals surface area contributed by atoms with Crippen molar-refractivity contribution in [3.63, 3.8) is 0 Å². The number of rotatable bonds is 4. The number of halogens is 4. The number of ketones is 1. The second-order valence-electron chi connectivity index (χ2n) is 8.20. The maximum absolute atomic E-state index is 14.0. The van der Waals surface area contributed by atoms with Gasteiger partial charge >= 0.3 is 12.1 Å². The van der Waals surface area contributed by atoms with E-state index in [4.69, 9.17) is 9.90 Å². The van der Waals surface area contributed by atoms with Crippen molar-refractivity contribution in [2.24, 2.45) is 0 Å². The lowest BCUT2D eigenvalue weighted by Crippen LogP contribution is -2.27. The maximum Gasteiger partial charge on any atom is 0.490 e. The van der Waals surface area contributed by atoms with Gasteiger partial charge in [0.1, 0.15) is 23.4 Å². The van der Waals surface area contributed by atoms with Crippen LogP contribution in [-0.2, 0) is 9.59 Å². The van der Waals surface area contributed by atoms with E-state index in [0.717, 1.165) is 16.7 Å². The summed E-state index contributed by atoms with van der Waals surface area (Å²) in [5.74, 6) is -3.60. The molecule has 10 heteroatoms. The van der Waals surface area contributed by atoms with Crippen LogP contribution in [0.5, 0.6) is 0 Å². The lowest BCUT2D eigenvalue weighted by atomic mass is 9.77. The van der Waals surface area contributed by atoms with Gasteiger partial charge in [-0.15, -0.1) is 6.58 Å². The summed E-state index contributed by atoms with van der Waals surface area (Å²) in [6, 6.07) is 12.2. The van der Waals surface area contributed by atoms with Gasteiger partial charge in [-0.3, -0.25) is 9.78 Å². The van der Waals surface area contributed by atoms with Crippen molar-refractivity contribution < 1.29 is 32.3 Å². The number of hydrogen-bond acceptors (Lipinski definition) is 5. The fourth-order valence-corrected chi connectivity index (χ4v) is 3.96. The Balaban J connectivity index is 0.000000479. The first kappa shape index (κ1) is 27.1. The molecule has 1 unspecified atom stereocenters. The summed E-state index contributed by atoms with van der Waals surface area (Å²) in [4.78, 5) is 28.0. The molecule has 0 saturated carbocycles. The Labute approximate surface area is 210 Å². The summed E-state index contributed by atoms with van der Waals surface area (Å²) in [6.07, 6.45) is 2.21. The monoisotopic (exact) mass is 511 g/mol. The minimum absolute atomic E-state index is 0.0423. The van der Waals surface area contributed by atoms with E-state index in [9.17, 15) is 27.6 Å². The molecule has 0 spiro atoms. The van der Waals surface area contributed by atoms with Crippen molar-refractivity contribution in [3.05, 3.63) is 107 Å². The van der Waals surface area contributed by atoms with Crippen molar-refractivity contribution in [2.45, 2.75) is 25.4 Å². The van der Waals surface area contributed by atoms with Crippen molar-refractivity contribution >= 4 is 17.3 Å². The van der Waals surface area contributed by atoms with E-state index in [0.29, 0.717) is 29.1 Å². The number of carboxylic acid groups (broad SMARTS) is 1. The SMILES string of the molecule is C=CCN1C=C2CC(=O)C(c3cc(C)ccn3)C=C2C(c2cccc(F)c2)=C1C#N.O=C(O)C(F)(F)F. The van der Waals surface area contributed by atoms with Gasteiger partial charge in [0.25, 0.3) is 0 Å². The van der Waals surface area contributed by atoms with Crippen LogP contribution in [0.3, 0.4) is 0 Å². The molecular formula is C27H21F4N3O3. The van der Waals surface area contributed by atoms with Gasteiger partial charge < -0.3 is 10.0 Å². The minimum Gasteiger partial charge on any atom is -0.475 e. The zero-order valence-electron chi connectivity index (χ0n) is 19.6. The van der Waals surface area contributed by atoms with Crippen LogP contribution in [0.2, 0.25) is 0 Å². The van der Waals surface area contributed by atoms with Crippen LogP contribution in [-0.4, -0.2) is 39.5 Å². The van der Waals surface area contributed by atoms with E-state index >= 15 is 0 Å². The lowest BCUT2D eigenvalue weighted by molar-refractivity contribution is -0.192. The van der Waals surface area contributed by atoms with Gasteiger partial charge in [0.15, 0.2) is 0 Å². The fraction of sp³-hybridized carbons (Fsp3) is 0.185. The Morgan fingerprint density at radius 2 is 2.03 bits per heavy atom. The molecule has 1 aromatic heterocycles. The number of aryl methyl sites for hydroxylation is 1. The van der Waals surface area contributed by atoms with Gasteiger partial charge in [-0.2, -0.15) is 18.4 Å². The predicted octanol–water partition coefficient (Wildman–Crippen LogP) is 5.47. The molecule has 0 saturated heterocycles. The van der Waals surface area contributed by atoms with E-state index in [1.165, 1.54) is 12.1 Å². The third kappa shape index (κ3) is 6.19. The highest BCUT2D eigenvalue weighted by Gasteiger charge is 2.38. The van der Waals surface area contributed by atoms with Crippen LogP contribution in [0, 0.1) is 24.1 Å². The van der Waals surface area contributed by atoms with Gasteiger partial charge in [-0.05, 0) is 53.5 Å². The summed E-state index contributed by atoms with van der Waals surface area (Å²) in [5, 5.41) is 17.1. The van der Waals surface area contributed by atoms with E-state index in [2.05, 4.69) is 17.6 Å². The number of nitrogens with zero attached hydrogens (tertiary/aromatic N) is 3. The maximum atomic E-state index is 14.0. The lowest BCUT2D eigenvalue weighted by Gasteiger charge is -2.33. The molecule has 1 atom stereocenters. The van der Waals surface area contributed by atoms with Crippen molar-refractivity contribution in [1.82, 2.24) is 9.88 Å². The fourth-order valence-electron chi connectivity index (χ4n) is 3.96. The summed E-state index contributed by atoms with van der Waals surface area (Å²) in [6.45, 7) is 6.13. The Morgan fingerprint density at radius 3 is 2.59 bits per heavy atom. The number of aromatic nitrogens is 1. The number of carbonyl (C=O) groups excluding carboxylic acids is 1. The summed E-state index contributed by atoms with van der Waals surface area (Å²) in [7, 11) is 0. The molecule has 2 heterocycles. The molecule has 0 amide bonds. The number of aliphatic carboxylic acids is 1. The molecule has 1 N–H and O–H groups in total. The number of Topliss-reactive ketones (excluding diaryl/α,β-unsaturated/α-hetero) is 1. The van der Waals surface area contributed by atoms with E-state index in [1.54, 1.807) is 29.3 Å². The molecule has 1 aliphatic carbocycles. The topological polar surface area (TPSA) is 94.3 Å². The molecule has 1 aromatic carbocycles. The standard InChI is InChI=1S/C25H20FN3O.C2HF3O2/c1-3-9-29-15-18-12-24(30)21(22-10-16(2)7-8-28-22)13-20(18)25(23(29)14-27)17-5-4-6-19(26)11-17;3-2(4,5)1(6)7/h3-8,10-11,13,15,21H,1,9,12H2,2H3;(H,6,7). The van der Waals surface area contributed by atoms with Crippen LogP contribution in [0.1, 0.15) is 29.2 Å². The highest BCUT2D eigenvalue weighted by atomic mass is 19.4. The molecule has 37 heavy (non-hydrogen) atoms. The van der Waals surface area contributed by atoms with Crippen molar-refractivity contribution in [1.29, 1.82) is 5.26 Å². The number of benzene rings is 1. The van der Waals surface area contributed by atoms with Crippen LogP contribution in [0.4, 0.5) is 17.6 Å². The number of allylic oxidation sites excluding steroid dienone is 5. The second kappa shape index (κ2) is 11.0. The predicted molar refractivity (Wildman–Crippen MR) is 127 cm³/mol. The van der Waals surface area contributed by atoms with Crippen molar-refractivity contribution in [3.8, 4) is 6.07 Å². The highest BCUT2D eigenvalue weighted by Crippen LogP contribution is 2.43. The number of pyridine rings is 1. The summed E-state index contributed by atoms with van der Waals surface area (Å²) < 4.78 is 45.8. The molecule has 1 aliphatic heterocycles. The zero-order chi connectivity index (χ0) is 27.3. The Hall–Kier alpha value is -4.52. The molecule has 2 aromatic rings. The van der Waals surface area contributed by atoms with E-state index in [-0.39, 0.29) is 18.0 Å². The molecule has 6 nitrogen and oxygen atoms in total.